The Balaban J connectivity index is 4.21. The normalized spacial score (nSPS) is 12.1. The van der Waals surface area contributed by atoms with E-state index in [1.807, 2.05) is 0 Å². The second-order valence-electron chi connectivity index (χ2n) is 2.52. The van der Waals surface area contributed by atoms with Crippen molar-refractivity contribution in [1.82, 2.24) is 5.32 Å². The number of carbonyl (C=O) groups is 2. The van der Waals surface area contributed by atoms with Crippen molar-refractivity contribution in [3.63, 3.8) is 0 Å². The highest BCUT2D eigenvalue weighted by atomic mass is 16.5. The summed E-state index contributed by atoms with van der Waals surface area (Å²) in [4.78, 5) is 21.4. The molecule has 0 saturated carbocycles. The summed E-state index contributed by atoms with van der Waals surface area (Å²) >= 11 is 0. The van der Waals surface area contributed by atoms with E-state index in [0.717, 1.165) is 0 Å². The maximum Gasteiger partial charge on any atom is 0.316 e. The van der Waals surface area contributed by atoms with E-state index in [4.69, 9.17) is 5.73 Å². The molecule has 0 aliphatic rings. The number of nitrogens with one attached hydrogen (secondary N) is 1. The van der Waals surface area contributed by atoms with E-state index >= 15 is 0 Å². The first-order valence-electron chi connectivity index (χ1n) is 4.03. The van der Waals surface area contributed by atoms with Crippen LogP contribution in [0.3, 0.4) is 0 Å². The number of urea groups is 1. The first-order valence-corrected chi connectivity index (χ1v) is 4.03. The van der Waals surface area contributed by atoms with E-state index in [1.165, 1.54) is 19.4 Å². The summed E-state index contributed by atoms with van der Waals surface area (Å²) in [6.45, 7) is 3.51. The Morgan fingerprint density at radius 3 is 2.71 bits per heavy atom. The molecule has 0 aliphatic heterocycles. The molecule has 1 atom stereocenters. The maximum atomic E-state index is 11.1. The minimum Gasteiger partial charge on any atom is -0.469 e. The van der Waals surface area contributed by atoms with Gasteiger partial charge in [0.2, 0.25) is 0 Å². The van der Waals surface area contributed by atoms with Gasteiger partial charge in [-0.25, -0.2) is 4.79 Å². The van der Waals surface area contributed by atoms with Gasteiger partial charge in [0, 0.05) is 6.20 Å². The van der Waals surface area contributed by atoms with Gasteiger partial charge in [-0.2, -0.15) is 0 Å². The third-order valence-electron chi connectivity index (χ3n) is 1.48. The van der Waals surface area contributed by atoms with Crippen LogP contribution < -0.4 is 11.1 Å². The van der Waals surface area contributed by atoms with Crippen molar-refractivity contribution >= 4 is 12.0 Å². The summed E-state index contributed by atoms with van der Waals surface area (Å²) in [6, 6.07) is -0.677. The van der Waals surface area contributed by atoms with Crippen LogP contribution in [0.4, 0.5) is 4.79 Å². The van der Waals surface area contributed by atoms with Crippen LogP contribution in [-0.4, -0.2) is 19.1 Å². The summed E-state index contributed by atoms with van der Waals surface area (Å²) in [5, 5.41) is 2.23. The SMILES string of the molecule is C=CCC(C=CNC(N)=O)C(=O)OC. The highest BCUT2D eigenvalue weighted by molar-refractivity contribution is 5.75. The number of amides is 2. The first kappa shape index (κ1) is 12.2. The number of primary amides is 1. The molecule has 0 aromatic rings. The molecule has 5 nitrogen and oxygen atoms in total. The number of methoxy groups -OCH3 is 1. The highest BCUT2D eigenvalue weighted by Crippen LogP contribution is 2.07. The van der Waals surface area contributed by atoms with Gasteiger partial charge in [0.15, 0.2) is 0 Å². The molecule has 0 rings (SSSR count). The Hall–Kier alpha value is -1.78. The lowest BCUT2D eigenvalue weighted by Gasteiger charge is -2.06. The van der Waals surface area contributed by atoms with Crippen molar-refractivity contribution in [2.24, 2.45) is 11.7 Å². The molecule has 78 valence electrons. The largest absolute Gasteiger partial charge is 0.469 e. The van der Waals surface area contributed by atoms with Gasteiger partial charge in [0.1, 0.15) is 0 Å². The van der Waals surface area contributed by atoms with Crippen LogP contribution in [0.5, 0.6) is 0 Å². The third-order valence-corrected chi connectivity index (χ3v) is 1.48. The summed E-state index contributed by atoms with van der Waals surface area (Å²) < 4.78 is 4.54. The molecule has 0 aromatic carbocycles. The Morgan fingerprint density at radius 1 is 1.64 bits per heavy atom. The van der Waals surface area contributed by atoms with Crippen LogP contribution in [0.15, 0.2) is 24.9 Å². The molecule has 0 bridgehead atoms. The van der Waals surface area contributed by atoms with Crippen molar-refractivity contribution in [2.75, 3.05) is 7.11 Å². The molecular weight excluding hydrogens is 184 g/mol. The lowest BCUT2D eigenvalue weighted by molar-refractivity contribution is -0.143. The Bertz CT molecular complexity index is 248. The van der Waals surface area contributed by atoms with Crippen molar-refractivity contribution in [3.05, 3.63) is 24.9 Å². The number of carbonyl (C=O) groups excluding carboxylic acids is 2. The minimum atomic E-state index is -0.677. The molecule has 0 fully saturated rings. The van der Waals surface area contributed by atoms with Gasteiger partial charge in [-0.05, 0) is 6.42 Å². The van der Waals surface area contributed by atoms with E-state index in [2.05, 4.69) is 16.6 Å². The topological polar surface area (TPSA) is 81.4 Å². The van der Waals surface area contributed by atoms with Gasteiger partial charge >= 0.3 is 12.0 Å². The van der Waals surface area contributed by atoms with E-state index in [1.54, 1.807) is 6.08 Å². The van der Waals surface area contributed by atoms with E-state index in [-0.39, 0.29) is 5.97 Å². The number of hydrogen-bond donors (Lipinski definition) is 2. The Kier molecular flexibility index (Phi) is 5.85. The fourth-order valence-electron chi connectivity index (χ4n) is 0.831. The fraction of sp³-hybridized carbons (Fsp3) is 0.333. The Morgan fingerprint density at radius 2 is 2.29 bits per heavy atom. The predicted molar refractivity (Wildman–Crippen MR) is 52.2 cm³/mol. The average molecular weight is 198 g/mol. The zero-order valence-corrected chi connectivity index (χ0v) is 8.03. The molecule has 3 N–H and O–H groups in total. The summed E-state index contributed by atoms with van der Waals surface area (Å²) in [5.41, 5.74) is 4.82. The molecule has 0 aliphatic carbocycles. The average Bonchev–Trinajstić information content (AvgIpc) is 2.15. The van der Waals surface area contributed by atoms with E-state index in [0.29, 0.717) is 6.42 Å². The zero-order valence-electron chi connectivity index (χ0n) is 8.03. The van der Waals surface area contributed by atoms with Gasteiger partial charge in [0.05, 0.1) is 13.0 Å². The number of esters is 1. The number of rotatable bonds is 5. The Labute approximate surface area is 82.6 Å². The lowest BCUT2D eigenvalue weighted by atomic mass is 10.1. The summed E-state index contributed by atoms with van der Waals surface area (Å²) in [5.74, 6) is -0.822. The number of allylic oxidation sites excluding steroid dienone is 1. The van der Waals surface area contributed by atoms with Gasteiger partial charge in [-0.3, -0.25) is 4.79 Å². The number of nitrogens with two attached hydrogens (primary N) is 1. The van der Waals surface area contributed by atoms with E-state index in [9.17, 15) is 9.59 Å². The smallest absolute Gasteiger partial charge is 0.316 e. The van der Waals surface area contributed by atoms with E-state index < -0.39 is 11.9 Å². The molecule has 14 heavy (non-hydrogen) atoms. The van der Waals surface area contributed by atoms with Gasteiger partial charge in [0.25, 0.3) is 0 Å². The van der Waals surface area contributed by atoms with Crippen molar-refractivity contribution in [3.8, 4) is 0 Å². The standard InChI is InChI=1S/C9H14N2O3/c1-3-4-7(8(12)14-2)5-6-11-9(10)13/h3,5-7H,1,4H2,2H3,(H3,10,11,13). The zero-order chi connectivity index (χ0) is 11.0. The van der Waals surface area contributed by atoms with Crippen LogP contribution >= 0.6 is 0 Å². The molecule has 0 saturated heterocycles. The predicted octanol–water partition coefficient (Wildman–Crippen LogP) is 0.534. The first-order chi connectivity index (χ1) is 6.61. The van der Waals surface area contributed by atoms with Crippen molar-refractivity contribution in [2.45, 2.75) is 6.42 Å². The molecular formula is C9H14N2O3. The number of ether oxygens (including phenoxy) is 1. The van der Waals surface area contributed by atoms with Crippen molar-refractivity contribution in [1.29, 1.82) is 0 Å². The maximum absolute atomic E-state index is 11.1. The van der Waals surface area contributed by atoms with Gasteiger partial charge in [-0.1, -0.05) is 12.2 Å². The van der Waals surface area contributed by atoms with Gasteiger partial charge < -0.3 is 15.8 Å². The number of hydrogen-bond acceptors (Lipinski definition) is 3. The summed E-state index contributed by atoms with van der Waals surface area (Å²) in [7, 11) is 1.30. The van der Waals surface area contributed by atoms with Crippen LogP contribution in [0, 0.1) is 5.92 Å². The minimum absolute atomic E-state index is 0.382. The second kappa shape index (κ2) is 6.71. The van der Waals surface area contributed by atoms with Gasteiger partial charge in [-0.15, -0.1) is 6.58 Å². The van der Waals surface area contributed by atoms with Crippen LogP contribution in [0.25, 0.3) is 0 Å². The molecule has 0 heterocycles. The quantitative estimate of drug-likeness (QED) is 0.499. The monoisotopic (exact) mass is 198 g/mol. The van der Waals surface area contributed by atoms with Crippen LogP contribution in [-0.2, 0) is 9.53 Å². The molecule has 2 amide bonds. The lowest BCUT2D eigenvalue weighted by Crippen LogP contribution is -2.24. The van der Waals surface area contributed by atoms with Crippen LogP contribution in [0.2, 0.25) is 0 Å². The van der Waals surface area contributed by atoms with Crippen LogP contribution in [0.1, 0.15) is 6.42 Å². The third kappa shape index (κ3) is 4.97. The molecule has 0 spiro atoms. The summed E-state index contributed by atoms with van der Waals surface area (Å²) in [6.07, 6.45) is 4.85. The fourth-order valence-corrected chi connectivity index (χ4v) is 0.831. The van der Waals surface area contributed by atoms with Crippen molar-refractivity contribution < 1.29 is 14.3 Å². The second-order valence-corrected chi connectivity index (χ2v) is 2.52. The molecule has 0 radical (unpaired) electrons. The molecule has 0 aromatic heterocycles. The molecule has 1 unspecified atom stereocenters. The highest BCUT2D eigenvalue weighted by Gasteiger charge is 2.13. The molecule has 5 heteroatoms.